The molecule has 0 bridgehead atoms. The molecule has 3 unspecified atom stereocenters. The number of carboxylic acids is 1. The van der Waals surface area contributed by atoms with E-state index in [1.165, 1.54) is 33.8 Å². The van der Waals surface area contributed by atoms with Gasteiger partial charge < -0.3 is 14.8 Å². The number of aromatic nitrogens is 1. The second-order valence-corrected chi connectivity index (χ2v) is 8.32. The van der Waals surface area contributed by atoms with Gasteiger partial charge in [-0.05, 0) is 48.6 Å². The lowest BCUT2D eigenvalue weighted by molar-refractivity contribution is -0.131. The number of ether oxygens (including phenoxy) is 1. The molecular weight excluding hydrogens is 376 g/mol. The Morgan fingerprint density at radius 3 is 2.73 bits per heavy atom. The molecule has 5 rings (SSSR count). The lowest BCUT2D eigenvalue weighted by atomic mass is 9.87. The predicted octanol–water partition coefficient (Wildman–Crippen LogP) is 4.39. The molecule has 0 radical (unpaired) electrons. The number of hydrogen-bond acceptors (Lipinski definition) is 3. The number of aliphatic carboxylic acids is 1. The molecule has 0 amide bonds. The van der Waals surface area contributed by atoms with Crippen LogP contribution in [0.25, 0.3) is 17.0 Å². The fourth-order valence-electron chi connectivity index (χ4n) is 5.10. The summed E-state index contributed by atoms with van der Waals surface area (Å²) in [6, 6.07) is 17.7. The van der Waals surface area contributed by atoms with Gasteiger partial charge in [-0.1, -0.05) is 42.5 Å². The van der Waals surface area contributed by atoms with E-state index >= 15 is 0 Å². The zero-order chi connectivity index (χ0) is 20.7. The lowest BCUT2D eigenvalue weighted by Gasteiger charge is -2.44. The van der Waals surface area contributed by atoms with E-state index in [9.17, 15) is 4.79 Å². The van der Waals surface area contributed by atoms with Crippen LogP contribution in [0.2, 0.25) is 0 Å². The van der Waals surface area contributed by atoms with E-state index < -0.39 is 5.97 Å². The van der Waals surface area contributed by atoms with Crippen LogP contribution in [0.1, 0.15) is 41.8 Å². The minimum absolute atomic E-state index is 0.125. The molecule has 154 valence electrons. The van der Waals surface area contributed by atoms with Crippen LogP contribution in [0.5, 0.6) is 0 Å². The number of hydrogen-bond donors (Lipinski definition) is 2. The average Bonchev–Trinajstić information content (AvgIpc) is 3.40. The number of para-hydroxylation sites is 1. The van der Waals surface area contributed by atoms with Crippen LogP contribution in [-0.2, 0) is 16.0 Å². The largest absolute Gasteiger partial charge is 0.478 e. The number of fused-ring (bicyclic) bond motifs is 3. The number of benzene rings is 2. The number of nitrogens with zero attached hydrogens (tertiary/aromatic N) is 1. The van der Waals surface area contributed by atoms with Crippen molar-refractivity contribution in [2.75, 3.05) is 13.2 Å². The summed E-state index contributed by atoms with van der Waals surface area (Å²) in [6.45, 7) is 3.91. The standard InChI is InChI=1S/C25H26N2O3/c1-16-14-21-20-4-2-3-5-22(20)26-24(21)25(27(16)19-12-13-30-15-19)18-9-6-17(7-10-18)8-11-23(28)29/h2-11,16,19,25-26H,12-15H2,1H3,(H,28,29)/b11-8+. The van der Waals surface area contributed by atoms with Crippen molar-refractivity contribution in [1.29, 1.82) is 0 Å². The molecule has 2 aliphatic heterocycles. The Balaban J connectivity index is 1.61. The summed E-state index contributed by atoms with van der Waals surface area (Å²) in [7, 11) is 0. The van der Waals surface area contributed by atoms with Crippen LogP contribution < -0.4 is 0 Å². The summed E-state index contributed by atoms with van der Waals surface area (Å²) in [6.07, 6.45) is 4.88. The summed E-state index contributed by atoms with van der Waals surface area (Å²) >= 11 is 0. The highest BCUT2D eigenvalue weighted by atomic mass is 16.5. The van der Waals surface area contributed by atoms with E-state index in [1.807, 2.05) is 12.1 Å². The fraction of sp³-hybridized carbons (Fsp3) is 0.320. The van der Waals surface area contributed by atoms with Gasteiger partial charge in [0, 0.05) is 41.4 Å². The first-order valence-corrected chi connectivity index (χ1v) is 10.6. The van der Waals surface area contributed by atoms with Crippen molar-refractivity contribution in [2.45, 2.75) is 37.9 Å². The second-order valence-electron chi connectivity index (χ2n) is 8.32. The molecule has 30 heavy (non-hydrogen) atoms. The van der Waals surface area contributed by atoms with Gasteiger partial charge >= 0.3 is 5.97 Å². The molecular formula is C25H26N2O3. The lowest BCUT2D eigenvalue weighted by Crippen LogP contribution is -2.48. The van der Waals surface area contributed by atoms with E-state index in [-0.39, 0.29) is 6.04 Å². The quantitative estimate of drug-likeness (QED) is 0.635. The molecule has 0 saturated carbocycles. The van der Waals surface area contributed by atoms with Gasteiger partial charge in [0.2, 0.25) is 0 Å². The summed E-state index contributed by atoms with van der Waals surface area (Å²) in [5, 5.41) is 10.2. The zero-order valence-corrected chi connectivity index (χ0v) is 17.0. The molecule has 3 heterocycles. The fourth-order valence-corrected chi connectivity index (χ4v) is 5.10. The molecule has 1 saturated heterocycles. The summed E-state index contributed by atoms with van der Waals surface area (Å²) < 4.78 is 5.75. The van der Waals surface area contributed by atoms with E-state index in [2.05, 4.69) is 53.2 Å². The minimum Gasteiger partial charge on any atom is -0.478 e. The maximum Gasteiger partial charge on any atom is 0.328 e. The van der Waals surface area contributed by atoms with Crippen molar-refractivity contribution in [2.24, 2.45) is 0 Å². The number of rotatable bonds is 4. The van der Waals surface area contributed by atoms with E-state index in [0.29, 0.717) is 12.1 Å². The smallest absolute Gasteiger partial charge is 0.328 e. The van der Waals surface area contributed by atoms with Crippen molar-refractivity contribution < 1.29 is 14.6 Å². The van der Waals surface area contributed by atoms with Crippen molar-refractivity contribution in [3.63, 3.8) is 0 Å². The van der Waals surface area contributed by atoms with Crippen LogP contribution >= 0.6 is 0 Å². The SMILES string of the molecule is CC1Cc2c([nH]c3ccccc23)C(c2ccc(/C=C/C(=O)O)cc2)N1C1CCOC1. The summed E-state index contributed by atoms with van der Waals surface area (Å²) in [5.74, 6) is -0.935. The molecule has 5 nitrogen and oxygen atoms in total. The van der Waals surface area contributed by atoms with Gasteiger partial charge in [0.1, 0.15) is 0 Å². The Bertz CT molecular complexity index is 1090. The monoisotopic (exact) mass is 402 g/mol. The molecule has 3 atom stereocenters. The Hall–Kier alpha value is -2.89. The Kier molecular flexibility index (Phi) is 4.93. The summed E-state index contributed by atoms with van der Waals surface area (Å²) in [4.78, 5) is 17.2. The molecule has 2 N–H and O–H groups in total. The van der Waals surface area contributed by atoms with Crippen LogP contribution in [-0.4, -0.2) is 46.3 Å². The van der Waals surface area contributed by atoms with Gasteiger partial charge in [-0.15, -0.1) is 0 Å². The normalized spacial score (nSPS) is 24.5. The highest BCUT2D eigenvalue weighted by molar-refractivity contribution is 5.86. The number of carbonyl (C=O) groups is 1. The van der Waals surface area contributed by atoms with Crippen LogP contribution in [0.3, 0.4) is 0 Å². The van der Waals surface area contributed by atoms with Gasteiger partial charge in [-0.2, -0.15) is 0 Å². The molecule has 1 aromatic heterocycles. The molecule has 2 aliphatic rings. The number of aromatic amines is 1. The van der Waals surface area contributed by atoms with E-state index in [4.69, 9.17) is 9.84 Å². The number of carboxylic acid groups (broad SMARTS) is 1. The predicted molar refractivity (Wildman–Crippen MR) is 117 cm³/mol. The van der Waals surface area contributed by atoms with Crippen molar-refractivity contribution in [3.8, 4) is 0 Å². The molecule has 2 aromatic carbocycles. The highest BCUT2D eigenvalue weighted by Crippen LogP contribution is 2.42. The number of H-pyrrole nitrogens is 1. The first kappa shape index (κ1) is 19.1. The van der Waals surface area contributed by atoms with Gasteiger partial charge in [0.05, 0.1) is 12.6 Å². The van der Waals surface area contributed by atoms with Gasteiger partial charge in [0.25, 0.3) is 0 Å². The third kappa shape index (κ3) is 3.34. The van der Waals surface area contributed by atoms with Gasteiger partial charge in [-0.25, -0.2) is 4.79 Å². The Morgan fingerprint density at radius 1 is 1.20 bits per heavy atom. The summed E-state index contributed by atoms with van der Waals surface area (Å²) in [5.41, 5.74) is 5.97. The van der Waals surface area contributed by atoms with Gasteiger partial charge in [-0.3, -0.25) is 4.90 Å². The van der Waals surface area contributed by atoms with Gasteiger partial charge in [0.15, 0.2) is 0 Å². The molecule has 1 fully saturated rings. The maximum absolute atomic E-state index is 10.8. The molecule has 3 aromatic rings. The van der Waals surface area contributed by atoms with Crippen LogP contribution in [0.15, 0.2) is 54.6 Å². The Labute approximate surface area is 176 Å². The molecule has 0 aliphatic carbocycles. The molecule has 0 spiro atoms. The van der Waals surface area contributed by atoms with Crippen molar-refractivity contribution >= 4 is 22.9 Å². The highest BCUT2D eigenvalue weighted by Gasteiger charge is 2.40. The van der Waals surface area contributed by atoms with E-state index in [1.54, 1.807) is 6.08 Å². The van der Waals surface area contributed by atoms with E-state index in [0.717, 1.165) is 31.6 Å². The minimum atomic E-state index is -0.935. The first-order valence-electron chi connectivity index (χ1n) is 10.6. The topological polar surface area (TPSA) is 65.6 Å². The third-order valence-electron chi connectivity index (χ3n) is 6.42. The Morgan fingerprint density at radius 2 is 2.00 bits per heavy atom. The maximum atomic E-state index is 10.8. The van der Waals surface area contributed by atoms with Crippen molar-refractivity contribution in [3.05, 3.63) is 77.0 Å². The third-order valence-corrected chi connectivity index (χ3v) is 6.42. The average molecular weight is 402 g/mol. The first-order chi connectivity index (χ1) is 14.6. The zero-order valence-electron chi connectivity index (χ0n) is 17.0. The van der Waals surface area contributed by atoms with Crippen LogP contribution in [0, 0.1) is 0 Å². The van der Waals surface area contributed by atoms with Crippen LogP contribution in [0.4, 0.5) is 0 Å². The number of nitrogens with one attached hydrogen (secondary N) is 1. The second kappa shape index (κ2) is 7.74. The van der Waals surface area contributed by atoms with Crippen molar-refractivity contribution in [1.82, 2.24) is 9.88 Å². The molecule has 5 heteroatoms.